The third-order valence-corrected chi connectivity index (χ3v) is 9.85. The summed E-state index contributed by atoms with van der Waals surface area (Å²) in [6, 6.07) is 6.51. The number of methoxy groups -OCH3 is 1. The van der Waals surface area contributed by atoms with E-state index in [-0.39, 0.29) is 0 Å². The van der Waals surface area contributed by atoms with Crippen molar-refractivity contribution in [3.8, 4) is 5.75 Å². The molecule has 2 aromatic heterocycles. The van der Waals surface area contributed by atoms with E-state index in [1.165, 1.54) is 12.8 Å². The molecule has 0 bridgehead atoms. The first-order valence-corrected chi connectivity index (χ1v) is 14.0. The summed E-state index contributed by atoms with van der Waals surface area (Å²) in [4.78, 5) is 14.8. The van der Waals surface area contributed by atoms with Gasteiger partial charge >= 0.3 is 0 Å². The van der Waals surface area contributed by atoms with Gasteiger partial charge in [0.15, 0.2) is 0 Å². The second kappa shape index (κ2) is 9.16. The zero-order valence-corrected chi connectivity index (χ0v) is 20.7. The molecular weight excluding hydrogens is 459 g/mol. The minimum Gasteiger partial charge on any atom is -0.495 e. The quantitative estimate of drug-likeness (QED) is 0.397. The predicted octanol–water partition coefficient (Wildman–Crippen LogP) is 4.65. The molecule has 1 saturated heterocycles. The molecule has 10 heteroatoms. The summed E-state index contributed by atoms with van der Waals surface area (Å²) in [6.45, 7) is 4.71. The number of H-pyrrole nitrogens is 1. The summed E-state index contributed by atoms with van der Waals surface area (Å²) >= 11 is 6.33. The van der Waals surface area contributed by atoms with Gasteiger partial charge < -0.3 is 24.9 Å². The van der Waals surface area contributed by atoms with Crippen LogP contribution in [0.25, 0.3) is 11.0 Å². The van der Waals surface area contributed by atoms with E-state index in [0.717, 1.165) is 60.8 Å². The van der Waals surface area contributed by atoms with E-state index in [2.05, 4.69) is 37.4 Å². The van der Waals surface area contributed by atoms with Crippen LogP contribution in [0.5, 0.6) is 5.75 Å². The number of nitrogens with one attached hydrogen (secondary N) is 3. The van der Waals surface area contributed by atoms with Gasteiger partial charge in [0.25, 0.3) is 0 Å². The Morgan fingerprint density at radius 2 is 2.06 bits per heavy atom. The van der Waals surface area contributed by atoms with Gasteiger partial charge in [0.1, 0.15) is 24.4 Å². The summed E-state index contributed by atoms with van der Waals surface area (Å²) < 4.78 is 19.4. The lowest BCUT2D eigenvalue weighted by Gasteiger charge is -2.32. The summed E-state index contributed by atoms with van der Waals surface area (Å²) in [7, 11) is -0.794. The van der Waals surface area contributed by atoms with Crippen LogP contribution in [0, 0.1) is 0 Å². The van der Waals surface area contributed by atoms with Crippen LogP contribution in [-0.4, -0.2) is 65.0 Å². The highest BCUT2D eigenvalue weighted by atomic mass is 35.5. The molecule has 0 amide bonds. The van der Waals surface area contributed by atoms with Crippen molar-refractivity contribution in [1.29, 1.82) is 0 Å². The van der Waals surface area contributed by atoms with Crippen molar-refractivity contribution < 1.29 is 9.30 Å². The Hall–Kier alpha value is -2.28. The monoisotopic (exact) mass is 488 g/mol. The smallest absolute Gasteiger partial charge is 0.231 e. The van der Waals surface area contributed by atoms with E-state index >= 15 is 0 Å². The largest absolute Gasteiger partial charge is 0.495 e. The van der Waals surface area contributed by atoms with Gasteiger partial charge in [-0.25, -0.2) is 0 Å². The van der Waals surface area contributed by atoms with Gasteiger partial charge in [0, 0.05) is 49.5 Å². The first-order chi connectivity index (χ1) is 16.0. The van der Waals surface area contributed by atoms with E-state index in [1.807, 2.05) is 18.2 Å². The summed E-state index contributed by atoms with van der Waals surface area (Å²) in [6.07, 6.45) is 6.72. The number of hydrogen-bond acceptors (Lipinski definition) is 7. The number of hydrogen-bond donors (Lipinski definition) is 3. The first-order valence-electron chi connectivity index (χ1n) is 11.6. The fourth-order valence-electron chi connectivity index (χ4n) is 4.45. The standard InChI is InChI=1S/C23H30ClN6O2P/c1-3-8-25-21-20-17(24)14-26-22(20)29-23(28-21)27-18-7-6-16(13-19(18)32-2)33(31)11-9-30(10-12-33)15-4-5-15/h6-7,13-15H,3-5,8-12H2,1-2H3,(H3,25,26,27,28,29). The molecule has 1 aromatic carbocycles. The Morgan fingerprint density at radius 3 is 2.76 bits per heavy atom. The second-order valence-electron chi connectivity index (χ2n) is 8.80. The maximum atomic E-state index is 13.7. The molecular formula is C23H30ClN6O2P. The minimum atomic E-state index is -2.42. The Kier molecular flexibility index (Phi) is 6.25. The second-order valence-corrected chi connectivity index (χ2v) is 12.4. The molecule has 0 radical (unpaired) electrons. The molecule has 33 heavy (non-hydrogen) atoms. The van der Waals surface area contributed by atoms with Crippen molar-refractivity contribution in [2.45, 2.75) is 32.2 Å². The predicted molar refractivity (Wildman–Crippen MR) is 136 cm³/mol. The molecule has 2 fully saturated rings. The molecule has 3 heterocycles. The number of rotatable bonds is 8. The lowest BCUT2D eigenvalue weighted by atomic mass is 10.3. The van der Waals surface area contributed by atoms with Gasteiger partial charge in [-0.2, -0.15) is 9.97 Å². The zero-order chi connectivity index (χ0) is 23.0. The molecule has 1 aliphatic heterocycles. The molecule has 8 nitrogen and oxygen atoms in total. The highest BCUT2D eigenvalue weighted by Crippen LogP contribution is 2.49. The fraction of sp³-hybridized carbons (Fsp3) is 0.478. The van der Waals surface area contributed by atoms with Crippen LogP contribution in [0.15, 0.2) is 24.4 Å². The maximum absolute atomic E-state index is 13.7. The lowest BCUT2D eigenvalue weighted by molar-refractivity contribution is 0.285. The van der Waals surface area contributed by atoms with Crippen molar-refractivity contribution in [1.82, 2.24) is 19.9 Å². The van der Waals surface area contributed by atoms with Gasteiger partial charge in [-0.1, -0.05) is 18.5 Å². The molecule has 2 aliphatic rings. The van der Waals surface area contributed by atoms with Crippen LogP contribution < -0.4 is 20.7 Å². The number of aromatic amines is 1. The molecule has 5 rings (SSSR count). The normalized spacial score (nSPS) is 18.4. The molecule has 0 spiro atoms. The Labute approximate surface area is 198 Å². The highest BCUT2D eigenvalue weighted by molar-refractivity contribution is 7.71. The van der Waals surface area contributed by atoms with Gasteiger partial charge in [-0.05, 0) is 37.5 Å². The van der Waals surface area contributed by atoms with Crippen molar-refractivity contribution in [2.75, 3.05) is 49.7 Å². The fourth-order valence-corrected chi connectivity index (χ4v) is 7.28. The molecule has 0 unspecified atom stereocenters. The van der Waals surface area contributed by atoms with E-state index in [9.17, 15) is 4.57 Å². The van der Waals surface area contributed by atoms with Gasteiger partial charge in [-0.15, -0.1) is 0 Å². The Balaban J connectivity index is 1.40. The molecule has 3 aromatic rings. The number of ether oxygens (including phenoxy) is 1. The van der Waals surface area contributed by atoms with E-state index < -0.39 is 7.14 Å². The number of benzene rings is 1. The number of nitrogens with zero attached hydrogens (tertiary/aromatic N) is 3. The van der Waals surface area contributed by atoms with Crippen molar-refractivity contribution >= 4 is 52.5 Å². The van der Waals surface area contributed by atoms with Crippen LogP contribution in [0.2, 0.25) is 5.02 Å². The molecule has 1 aliphatic carbocycles. The van der Waals surface area contributed by atoms with Crippen molar-refractivity contribution in [2.24, 2.45) is 0 Å². The summed E-state index contributed by atoms with van der Waals surface area (Å²) in [5.74, 6) is 1.73. The van der Waals surface area contributed by atoms with E-state index in [4.69, 9.17) is 16.3 Å². The van der Waals surface area contributed by atoms with Gasteiger partial charge in [0.2, 0.25) is 5.95 Å². The molecule has 0 atom stereocenters. The third-order valence-electron chi connectivity index (χ3n) is 6.49. The molecule has 1 saturated carbocycles. The van der Waals surface area contributed by atoms with Crippen molar-refractivity contribution in [3.63, 3.8) is 0 Å². The topological polar surface area (TPSA) is 95.2 Å². The van der Waals surface area contributed by atoms with Gasteiger partial charge in [-0.3, -0.25) is 4.90 Å². The third kappa shape index (κ3) is 4.57. The molecule has 3 N–H and O–H groups in total. The number of fused-ring (bicyclic) bond motifs is 1. The number of halogens is 1. The van der Waals surface area contributed by atoms with Gasteiger partial charge in [0.05, 0.1) is 23.2 Å². The average Bonchev–Trinajstić information content (AvgIpc) is 3.61. The average molecular weight is 489 g/mol. The molecule has 176 valence electrons. The van der Waals surface area contributed by atoms with Crippen LogP contribution >= 0.6 is 18.7 Å². The maximum Gasteiger partial charge on any atom is 0.231 e. The van der Waals surface area contributed by atoms with Crippen LogP contribution in [0.3, 0.4) is 0 Å². The minimum absolute atomic E-state index is 0.426. The van der Waals surface area contributed by atoms with Crippen molar-refractivity contribution in [3.05, 3.63) is 29.4 Å². The number of aromatic nitrogens is 3. The summed E-state index contributed by atoms with van der Waals surface area (Å²) in [5.41, 5.74) is 1.38. The lowest BCUT2D eigenvalue weighted by Crippen LogP contribution is -2.38. The van der Waals surface area contributed by atoms with E-state index in [0.29, 0.717) is 28.2 Å². The number of anilines is 3. The van der Waals surface area contributed by atoms with Crippen LogP contribution in [0.1, 0.15) is 26.2 Å². The van der Waals surface area contributed by atoms with Crippen LogP contribution in [0.4, 0.5) is 17.5 Å². The van der Waals surface area contributed by atoms with E-state index in [1.54, 1.807) is 13.3 Å². The Bertz CT molecular complexity index is 1200. The Morgan fingerprint density at radius 1 is 1.27 bits per heavy atom. The summed E-state index contributed by atoms with van der Waals surface area (Å²) in [5, 5.41) is 8.83. The SMILES string of the molecule is CCCNc1nc(Nc2ccc(P3(=O)CCN(C4CC4)CC3)cc2OC)nc2[nH]cc(Cl)c12. The zero-order valence-electron chi connectivity index (χ0n) is 19.0. The highest BCUT2D eigenvalue weighted by Gasteiger charge is 2.37. The first kappa shape index (κ1) is 22.5. The van der Waals surface area contributed by atoms with Crippen LogP contribution in [-0.2, 0) is 4.57 Å².